The topological polar surface area (TPSA) is 40.8 Å². The number of benzene rings is 8. The average Bonchev–Trinajstić information content (AvgIpc) is 4.04. The molecule has 0 aliphatic heterocycles. The summed E-state index contributed by atoms with van der Waals surface area (Å²) in [6.07, 6.45) is 4.19. The summed E-state index contributed by atoms with van der Waals surface area (Å²) >= 11 is 0. The minimum atomic E-state index is -0.0653. The van der Waals surface area contributed by atoms with Crippen molar-refractivity contribution in [1.82, 2.24) is 18.7 Å². The molecule has 0 amide bonds. The van der Waals surface area contributed by atoms with Crippen LogP contribution in [0.1, 0.15) is 79.0 Å². The Morgan fingerprint density at radius 1 is 0.431 bits per heavy atom. The Balaban J connectivity index is 1.07. The predicted molar refractivity (Wildman–Crippen MR) is 299 cm³/mol. The van der Waals surface area contributed by atoms with Gasteiger partial charge in [0.15, 0.2) is 11.0 Å². The molecular formula is C66H60N5O+. The van der Waals surface area contributed by atoms with Gasteiger partial charge in [-0.1, -0.05) is 159 Å². The lowest BCUT2D eigenvalue weighted by Gasteiger charge is -2.25. The molecule has 0 saturated carbocycles. The van der Waals surface area contributed by atoms with Crippen molar-refractivity contribution < 1.29 is 9.30 Å². The lowest BCUT2D eigenvalue weighted by Crippen LogP contribution is -2.31. The van der Waals surface area contributed by atoms with Gasteiger partial charge in [-0.3, -0.25) is 4.57 Å². The van der Waals surface area contributed by atoms with E-state index in [1.165, 1.54) is 38.6 Å². The van der Waals surface area contributed by atoms with Gasteiger partial charge >= 0.3 is 0 Å². The fraction of sp³-hybridized carbons (Fsp3) is 0.182. The van der Waals surface area contributed by atoms with Crippen molar-refractivity contribution in [3.63, 3.8) is 0 Å². The summed E-state index contributed by atoms with van der Waals surface area (Å²) in [6, 6.07) is 68.0. The third-order valence-electron chi connectivity index (χ3n) is 14.5. The first-order chi connectivity index (χ1) is 34.6. The third-order valence-corrected chi connectivity index (χ3v) is 14.5. The first kappa shape index (κ1) is 45.0. The fourth-order valence-electron chi connectivity index (χ4n) is 10.6. The lowest BCUT2D eigenvalue weighted by atomic mass is 9.80. The zero-order chi connectivity index (χ0) is 49.7. The summed E-state index contributed by atoms with van der Waals surface area (Å²) < 4.78 is 16.6. The number of imidazole rings is 1. The minimum Gasteiger partial charge on any atom is -0.457 e. The van der Waals surface area contributed by atoms with Crippen LogP contribution in [0.5, 0.6) is 11.5 Å². The zero-order valence-electron chi connectivity index (χ0n) is 42.7. The summed E-state index contributed by atoms with van der Waals surface area (Å²) in [7, 11) is 0. The number of ether oxygens (including phenoxy) is 1. The van der Waals surface area contributed by atoms with Crippen LogP contribution in [0.4, 0.5) is 0 Å². The van der Waals surface area contributed by atoms with Crippen LogP contribution in [0.25, 0.3) is 88.7 Å². The molecule has 4 heterocycles. The molecule has 0 N–H and O–H groups in total. The van der Waals surface area contributed by atoms with Crippen molar-refractivity contribution in [2.24, 2.45) is 0 Å². The average molecular weight is 939 g/mol. The molecule has 12 rings (SSSR count). The maximum atomic E-state index is 7.20. The zero-order valence-corrected chi connectivity index (χ0v) is 42.7. The molecule has 0 atom stereocenters. The molecule has 0 bridgehead atoms. The van der Waals surface area contributed by atoms with E-state index in [1.807, 2.05) is 6.20 Å². The highest BCUT2D eigenvalue weighted by atomic mass is 16.5. The smallest absolute Gasteiger partial charge is 0.255 e. The molecule has 0 fully saturated rings. The highest BCUT2D eigenvalue weighted by Crippen LogP contribution is 2.43. The van der Waals surface area contributed by atoms with E-state index in [9.17, 15) is 0 Å². The Morgan fingerprint density at radius 2 is 1.04 bits per heavy atom. The van der Waals surface area contributed by atoms with E-state index in [1.54, 1.807) is 0 Å². The van der Waals surface area contributed by atoms with Crippen molar-refractivity contribution in [1.29, 1.82) is 0 Å². The Morgan fingerprint density at radius 3 is 1.69 bits per heavy atom. The summed E-state index contributed by atoms with van der Waals surface area (Å²) in [6.45, 7) is 20.6. The number of para-hydroxylation sites is 3. The maximum Gasteiger partial charge on any atom is 0.255 e. The van der Waals surface area contributed by atoms with E-state index in [0.29, 0.717) is 0 Å². The van der Waals surface area contributed by atoms with Gasteiger partial charge in [-0.25, -0.2) is 4.98 Å². The molecule has 354 valence electrons. The van der Waals surface area contributed by atoms with Crippen LogP contribution in [-0.4, -0.2) is 18.7 Å². The SMILES string of the molecule is CC(C)(C)c1cc(-[n+]2cn(-c3cccc(Oc4cc(-n5c6ccccc6c6ccccc65)c5c6ccccc6n(-c6cc(C(C)(C)C)ccn6)c5c4)c3)c3ccc(-c4ccccc4)cc32)cc(C(C)(C)C)c1. The molecule has 12 aromatic rings. The van der Waals surface area contributed by atoms with Gasteiger partial charge in [0.25, 0.3) is 6.33 Å². The maximum absolute atomic E-state index is 7.20. The molecule has 0 aliphatic rings. The van der Waals surface area contributed by atoms with Gasteiger partial charge < -0.3 is 9.30 Å². The van der Waals surface area contributed by atoms with E-state index in [0.717, 1.165) is 78.3 Å². The van der Waals surface area contributed by atoms with Crippen LogP contribution in [-0.2, 0) is 16.2 Å². The van der Waals surface area contributed by atoms with E-state index < -0.39 is 0 Å². The van der Waals surface area contributed by atoms with Crippen molar-refractivity contribution in [3.8, 4) is 45.5 Å². The number of aromatic nitrogens is 5. The Hall–Kier alpha value is -8.22. The highest BCUT2D eigenvalue weighted by molar-refractivity contribution is 6.16. The molecule has 0 aliphatic carbocycles. The van der Waals surface area contributed by atoms with Crippen LogP contribution in [0.2, 0.25) is 0 Å². The van der Waals surface area contributed by atoms with E-state index >= 15 is 0 Å². The van der Waals surface area contributed by atoms with Gasteiger partial charge in [0.2, 0.25) is 0 Å². The summed E-state index contributed by atoms with van der Waals surface area (Å²) in [5, 5.41) is 4.68. The number of hydrogen-bond donors (Lipinski definition) is 0. The molecule has 0 spiro atoms. The van der Waals surface area contributed by atoms with Gasteiger partial charge in [-0.05, 0) is 117 Å². The molecule has 0 radical (unpaired) electrons. The molecule has 6 heteroatoms. The quantitative estimate of drug-likeness (QED) is 0.149. The number of fused-ring (bicyclic) bond motifs is 7. The van der Waals surface area contributed by atoms with Crippen LogP contribution >= 0.6 is 0 Å². The second-order valence-electron chi connectivity index (χ2n) is 22.5. The molecular weight excluding hydrogens is 879 g/mol. The fourth-order valence-corrected chi connectivity index (χ4v) is 10.6. The molecule has 6 nitrogen and oxygen atoms in total. The van der Waals surface area contributed by atoms with E-state index in [2.05, 4.69) is 275 Å². The van der Waals surface area contributed by atoms with Gasteiger partial charge in [0.1, 0.15) is 28.7 Å². The van der Waals surface area contributed by atoms with Crippen LogP contribution < -0.4 is 9.30 Å². The van der Waals surface area contributed by atoms with Gasteiger partial charge in [-0.15, -0.1) is 0 Å². The predicted octanol–water partition coefficient (Wildman–Crippen LogP) is 16.8. The third kappa shape index (κ3) is 7.73. The van der Waals surface area contributed by atoms with Gasteiger partial charge in [-0.2, -0.15) is 9.13 Å². The monoisotopic (exact) mass is 938 g/mol. The summed E-state index contributed by atoms with van der Waals surface area (Å²) in [5.41, 5.74) is 15.8. The summed E-state index contributed by atoms with van der Waals surface area (Å²) in [4.78, 5) is 5.06. The number of pyridine rings is 1. The molecule has 72 heavy (non-hydrogen) atoms. The normalized spacial score (nSPS) is 12.5. The van der Waals surface area contributed by atoms with Crippen LogP contribution in [0.3, 0.4) is 0 Å². The molecule has 8 aromatic carbocycles. The van der Waals surface area contributed by atoms with Gasteiger partial charge in [0, 0.05) is 45.9 Å². The molecule has 0 saturated heterocycles. The minimum absolute atomic E-state index is 0.0401. The van der Waals surface area contributed by atoms with Crippen molar-refractivity contribution in [3.05, 3.63) is 217 Å². The first-order valence-corrected chi connectivity index (χ1v) is 25.2. The number of hydrogen-bond acceptors (Lipinski definition) is 2. The van der Waals surface area contributed by atoms with Crippen LogP contribution in [0, 0.1) is 0 Å². The molecule has 4 aromatic heterocycles. The van der Waals surface area contributed by atoms with Crippen molar-refractivity contribution in [2.75, 3.05) is 0 Å². The Kier molecular flexibility index (Phi) is 10.4. The molecule has 0 unspecified atom stereocenters. The van der Waals surface area contributed by atoms with E-state index in [4.69, 9.17) is 9.72 Å². The second kappa shape index (κ2) is 16.7. The second-order valence-corrected chi connectivity index (χ2v) is 22.5. The Bertz CT molecular complexity index is 3990. The van der Waals surface area contributed by atoms with E-state index in [-0.39, 0.29) is 16.2 Å². The van der Waals surface area contributed by atoms with Crippen molar-refractivity contribution >= 4 is 54.6 Å². The number of nitrogens with zero attached hydrogens (tertiary/aromatic N) is 5. The van der Waals surface area contributed by atoms with Crippen LogP contribution in [0.15, 0.2) is 201 Å². The Labute approximate surface area is 422 Å². The lowest BCUT2D eigenvalue weighted by molar-refractivity contribution is -0.567. The highest BCUT2D eigenvalue weighted by Gasteiger charge is 2.27. The summed E-state index contributed by atoms with van der Waals surface area (Å²) in [5.74, 6) is 2.32. The van der Waals surface area contributed by atoms with Gasteiger partial charge in [0.05, 0.1) is 27.8 Å². The van der Waals surface area contributed by atoms with Crippen molar-refractivity contribution in [2.45, 2.75) is 78.6 Å². The first-order valence-electron chi connectivity index (χ1n) is 25.2. The number of rotatable bonds is 7. The standard InChI is InChI=1S/C66H60N5O/c1-64(2,3)45-32-33-67-62(38-45)71-57-29-18-15-26-54(57)63-60(70-55-27-16-13-24-52(55)53-25-14-17-28-56(53)70)40-51(41-61(63)71)72-50-23-19-22-48(39-50)68-42-69(49-36-46(65(4,5)6)35-47(37-49)66(7,8)9)59-34-44(30-31-58(59)68)43-20-11-10-12-21-43/h10-42H,1-9H3/q+1. The largest absolute Gasteiger partial charge is 0.457 e.